The molecule has 0 bridgehead atoms. The fourth-order valence-corrected chi connectivity index (χ4v) is 6.10. The summed E-state index contributed by atoms with van der Waals surface area (Å²) in [6.45, 7) is 11.1. The number of nitrogens with one attached hydrogen (secondary N) is 1. The van der Waals surface area contributed by atoms with Gasteiger partial charge in [-0.2, -0.15) is 4.31 Å². The molecular weight excluding hydrogens is 452 g/mol. The number of anilines is 1. The van der Waals surface area contributed by atoms with Crippen LogP contribution in [0.4, 0.5) is 5.69 Å². The number of amides is 1. The standard InChI is InChI=1S/C24H36N6O3S/c1-4-28-13-15-29(16-14-28)17-20-5-7-22(8-6-20)26-24(31)21-9-11-30(12-10-21)34(32,33)23-18-27(3)19(2)25-23/h5-8,18,21H,4,9-17H2,1-3H3,(H,26,31). The largest absolute Gasteiger partial charge is 0.337 e. The Morgan fingerprint density at radius 1 is 1.03 bits per heavy atom. The Balaban J connectivity index is 1.26. The zero-order valence-corrected chi connectivity index (χ0v) is 21.2. The number of rotatable bonds is 7. The minimum Gasteiger partial charge on any atom is -0.337 e. The number of aryl methyl sites for hydroxylation is 2. The molecule has 0 aliphatic carbocycles. The molecule has 0 radical (unpaired) electrons. The molecule has 0 saturated carbocycles. The van der Waals surface area contributed by atoms with Crippen LogP contribution in [-0.2, 0) is 28.4 Å². The molecule has 2 saturated heterocycles. The number of piperidine rings is 1. The molecule has 1 aromatic heterocycles. The molecule has 2 aromatic rings. The maximum atomic E-state index is 12.9. The van der Waals surface area contributed by atoms with E-state index in [0.717, 1.165) is 45.0 Å². The maximum absolute atomic E-state index is 12.9. The maximum Gasteiger partial charge on any atom is 0.262 e. The van der Waals surface area contributed by atoms with Gasteiger partial charge in [-0.3, -0.25) is 9.69 Å². The third-order valence-electron chi connectivity index (χ3n) is 7.06. The van der Waals surface area contributed by atoms with E-state index in [0.29, 0.717) is 31.8 Å². The van der Waals surface area contributed by atoms with Crippen molar-refractivity contribution >= 4 is 21.6 Å². The summed E-state index contributed by atoms with van der Waals surface area (Å²) in [5.74, 6) is 0.401. The van der Waals surface area contributed by atoms with E-state index in [-0.39, 0.29) is 16.9 Å². The van der Waals surface area contributed by atoms with Crippen LogP contribution < -0.4 is 5.32 Å². The Labute approximate surface area is 202 Å². The first-order valence-corrected chi connectivity index (χ1v) is 13.5. The monoisotopic (exact) mass is 488 g/mol. The van der Waals surface area contributed by atoms with Gasteiger partial charge >= 0.3 is 0 Å². The second-order valence-electron chi connectivity index (χ2n) is 9.31. The van der Waals surface area contributed by atoms with Gasteiger partial charge in [0, 0.05) is 70.7 Å². The van der Waals surface area contributed by atoms with Crippen molar-refractivity contribution in [1.29, 1.82) is 0 Å². The van der Waals surface area contributed by atoms with Crippen molar-refractivity contribution in [3.8, 4) is 0 Å². The van der Waals surface area contributed by atoms with Crippen LogP contribution in [0.5, 0.6) is 0 Å². The smallest absolute Gasteiger partial charge is 0.262 e. The molecule has 34 heavy (non-hydrogen) atoms. The number of carbonyl (C=O) groups excluding carboxylic acids is 1. The molecule has 10 heteroatoms. The fraction of sp³-hybridized carbons (Fsp3) is 0.583. The second-order valence-corrected chi connectivity index (χ2v) is 11.2. The van der Waals surface area contributed by atoms with E-state index in [2.05, 4.69) is 39.2 Å². The van der Waals surface area contributed by atoms with Gasteiger partial charge in [0.25, 0.3) is 10.0 Å². The van der Waals surface area contributed by atoms with Gasteiger partial charge in [-0.25, -0.2) is 13.4 Å². The first-order valence-electron chi connectivity index (χ1n) is 12.1. The van der Waals surface area contributed by atoms with Crippen LogP contribution in [0.25, 0.3) is 0 Å². The third-order valence-corrected chi connectivity index (χ3v) is 8.83. The minimum absolute atomic E-state index is 0.0471. The van der Waals surface area contributed by atoms with Gasteiger partial charge in [0.05, 0.1) is 0 Å². The topological polar surface area (TPSA) is 90.8 Å². The Bertz CT molecular complexity index is 1060. The highest BCUT2D eigenvalue weighted by Crippen LogP contribution is 2.25. The van der Waals surface area contributed by atoms with E-state index in [1.807, 2.05) is 12.1 Å². The van der Waals surface area contributed by atoms with Crippen molar-refractivity contribution in [3.63, 3.8) is 0 Å². The highest BCUT2D eigenvalue weighted by molar-refractivity contribution is 7.89. The highest BCUT2D eigenvalue weighted by Gasteiger charge is 2.33. The van der Waals surface area contributed by atoms with Gasteiger partial charge in [0.1, 0.15) is 5.82 Å². The lowest BCUT2D eigenvalue weighted by molar-refractivity contribution is -0.120. The number of benzene rings is 1. The molecule has 3 heterocycles. The summed E-state index contributed by atoms with van der Waals surface area (Å²) in [6, 6.07) is 8.06. The Morgan fingerprint density at radius 3 is 2.21 bits per heavy atom. The molecule has 0 spiro atoms. The number of imidazole rings is 1. The van der Waals surface area contributed by atoms with Crippen molar-refractivity contribution in [2.75, 3.05) is 51.1 Å². The average molecular weight is 489 g/mol. The van der Waals surface area contributed by atoms with E-state index in [1.54, 1.807) is 18.5 Å². The van der Waals surface area contributed by atoms with Gasteiger partial charge in [0.15, 0.2) is 5.03 Å². The van der Waals surface area contributed by atoms with E-state index in [9.17, 15) is 13.2 Å². The van der Waals surface area contributed by atoms with Crippen LogP contribution >= 0.6 is 0 Å². The number of aromatic nitrogens is 2. The lowest BCUT2D eigenvalue weighted by Crippen LogP contribution is -2.45. The molecule has 0 unspecified atom stereocenters. The Kier molecular flexibility index (Phi) is 7.71. The molecule has 0 atom stereocenters. The molecule has 2 fully saturated rings. The summed E-state index contributed by atoms with van der Waals surface area (Å²) in [6.07, 6.45) is 2.54. The van der Waals surface area contributed by atoms with Gasteiger partial charge in [-0.05, 0) is 44.0 Å². The van der Waals surface area contributed by atoms with Crippen LogP contribution in [0.3, 0.4) is 0 Å². The van der Waals surface area contributed by atoms with Crippen molar-refractivity contribution in [2.45, 2.75) is 38.3 Å². The summed E-state index contributed by atoms with van der Waals surface area (Å²) >= 11 is 0. The molecule has 2 aliphatic heterocycles. The Hall–Kier alpha value is -2.27. The molecule has 1 amide bonds. The molecular formula is C24H36N6O3S. The number of nitrogens with zero attached hydrogens (tertiary/aromatic N) is 5. The summed E-state index contributed by atoms with van der Waals surface area (Å²) in [4.78, 5) is 21.9. The van der Waals surface area contributed by atoms with Gasteiger partial charge in [-0.15, -0.1) is 0 Å². The quantitative estimate of drug-likeness (QED) is 0.640. The first kappa shape index (κ1) is 24.8. The molecule has 9 nitrogen and oxygen atoms in total. The SMILES string of the molecule is CCN1CCN(Cc2ccc(NC(=O)C3CCN(S(=O)(=O)c4cn(C)c(C)n4)CC3)cc2)CC1. The lowest BCUT2D eigenvalue weighted by Gasteiger charge is -2.34. The summed E-state index contributed by atoms with van der Waals surface area (Å²) in [7, 11) is -1.85. The van der Waals surface area contributed by atoms with Crippen molar-refractivity contribution < 1.29 is 13.2 Å². The summed E-state index contributed by atoms with van der Waals surface area (Å²) < 4.78 is 28.9. The lowest BCUT2D eigenvalue weighted by atomic mass is 9.97. The average Bonchev–Trinajstić information content (AvgIpc) is 3.20. The van der Waals surface area contributed by atoms with Crippen molar-refractivity contribution in [1.82, 2.24) is 23.7 Å². The number of sulfonamides is 1. The molecule has 1 N–H and O–H groups in total. The van der Waals surface area contributed by atoms with Gasteiger partial charge < -0.3 is 14.8 Å². The Morgan fingerprint density at radius 2 is 1.65 bits per heavy atom. The molecule has 1 aromatic carbocycles. The molecule has 186 valence electrons. The van der Waals surface area contributed by atoms with E-state index in [1.165, 1.54) is 16.1 Å². The predicted octanol–water partition coefficient (Wildman–Crippen LogP) is 1.91. The number of carbonyl (C=O) groups is 1. The van der Waals surface area contributed by atoms with Crippen molar-refractivity contribution in [2.24, 2.45) is 13.0 Å². The van der Waals surface area contributed by atoms with E-state index < -0.39 is 10.0 Å². The highest BCUT2D eigenvalue weighted by atomic mass is 32.2. The second kappa shape index (κ2) is 10.6. The first-order chi connectivity index (χ1) is 16.3. The van der Waals surface area contributed by atoms with Crippen LogP contribution in [0, 0.1) is 12.8 Å². The normalized spacial score (nSPS) is 19.4. The number of hydrogen-bond acceptors (Lipinski definition) is 6. The predicted molar refractivity (Wildman–Crippen MR) is 132 cm³/mol. The molecule has 2 aliphatic rings. The summed E-state index contributed by atoms with van der Waals surface area (Å²) in [5.41, 5.74) is 2.02. The zero-order chi connectivity index (χ0) is 24.3. The van der Waals surface area contributed by atoms with Crippen LogP contribution in [0.1, 0.15) is 31.2 Å². The number of hydrogen-bond donors (Lipinski definition) is 1. The zero-order valence-electron chi connectivity index (χ0n) is 20.4. The third kappa shape index (κ3) is 5.68. The number of piperazine rings is 1. The van der Waals surface area contributed by atoms with Crippen LogP contribution in [0.2, 0.25) is 0 Å². The fourth-order valence-electron chi connectivity index (χ4n) is 4.60. The number of likely N-dealkylation sites (N-methyl/N-ethyl adjacent to an activating group) is 1. The van der Waals surface area contributed by atoms with Crippen LogP contribution in [0.15, 0.2) is 35.5 Å². The van der Waals surface area contributed by atoms with Crippen molar-refractivity contribution in [3.05, 3.63) is 41.9 Å². The van der Waals surface area contributed by atoms with E-state index >= 15 is 0 Å². The van der Waals surface area contributed by atoms with Crippen LogP contribution in [-0.4, -0.2) is 83.8 Å². The van der Waals surface area contributed by atoms with E-state index in [4.69, 9.17) is 0 Å². The summed E-state index contributed by atoms with van der Waals surface area (Å²) in [5, 5.41) is 3.08. The van der Waals surface area contributed by atoms with Gasteiger partial charge in [-0.1, -0.05) is 19.1 Å². The van der Waals surface area contributed by atoms with Gasteiger partial charge in [0.2, 0.25) is 5.91 Å². The minimum atomic E-state index is -3.63. The molecule has 4 rings (SSSR count).